The minimum Gasteiger partial charge on any atom is -0.507 e. The number of aromatic amines is 1. The SMILES string of the molecule is Cc1cc(-c2cn[nH]c2)cc(O)c1-c1ccc(N(C)C2CC(C)(C)NC(C)(C)C2)nn1. The van der Waals surface area contributed by atoms with Crippen LogP contribution in [0.3, 0.4) is 0 Å². The maximum atomic E-state index is 10.7. The van der Waals surface area contributed by atoms with E-state index in [4.69, 9.17) is 0 Å². The summed E-state index contributed by atoms with van der Waals surface area (Å²) in [6, 6.07) is 8.08. The Morgan fingerprint density at radius 3 is 2.29 bits per heavy atom. The Labute approximate surface area is 183 Å². The number of aryl methyl sites for hydroxylation is 1. The largest absolute Gasteiger partial charge is 0.507 e. The van der Waals surface area contributed by atoms with Gasteiger partial charge in [-0.1, -0.05) is 6.07 Å². The average Bonchev–Trinajstić information content (AvgIpc) is 3.20. The molecule has 164 valence electrons. The summed E-state index contributed by atoms with van der Waals surface area (Å²) in [4.78, 5) is 2.23. The van der Waals surface area contributed by atoms with Gasteiger partial charge in [-0.2, -0.15) is 5.10 Å². The van der Waals surface area contributed by atoms with Gasteiger partial charge >= 0.3 is 0 Å². The van der Waals surface area contributed by atoms with Crippen molar-refractivity contribution >= 4 is 5.82 Å². The van der Waals surface area contributed by atoms with Crippen LogP contribution in [0.1, 0.15) is 46.1 Å². The Morgan fingerprint density at radius 2 is 1.74 bits per heavy atom. The lowest BCUT2D eigenvalue weighted by Gasteiger charge is -2.49. The predicted molar refractivity (Wildman–Crippen MR) is 124 cm³/mol. The molecule has 0 atom stereocenters. The second-order valence-corrected chi connectivity index (χ2v) is 10.0. The fourth-order valence-electron chi connectivity index (χ4n) is 5.05. The minimum atomic E-state index is 0.0632. The van der Waals surface area contributed by atoms with E-state index in [0.717, 1.165) is 35.3 Å². The third kappa shape index (κ3) is 4.42. The lowest BCUT2D eigenvalue weighted by Crippen LogP contribution is -2.62. The fraction of sp³-hybridized carbons (Fsp3) is 0.458. The molecule has 0 saturated carbocycles. The summed E-state index contributed by atoms with van der Waals surface area (Å²) in [7, 11) is 2.09. The van der Waals surface area contributed by atoms with Gasteiger partial charge in [-0.05, 0) is 76.8 Å². The topological polar surface area (TPSA) is 90.0 Å². The minimum absolute atomic E-state index is 0.0632. The molecule has 4 rings (SSSR count). The van der Waals surface area contributed by atoms with Crippen molar-refractivity contribution in [1.82, 2.24) is 25.7 Å². The molecule has 1 aromatic carbocycles. The zero-order valence-corrected chi connectivity index (χ0v) is 19.2. The molecule has 7 heteroatoms. The number of phenolic OH excluding ortho intramolecular Hbond substituents is 1. The smallest absolute Gasteiger partial charge is 0.151 e. The summed E-state index contributed by atoms with van der Waals surface area (Å²) >= 11 is 0. The van der Waals surface area contributed by atoms with Gasteiger partial charge in [-0.15, -0.1) is 10.2 Å². The van der Waals surface area contributed by atoms with Crippen LogP contribution in [0.5, 0.6) is 5.75 Å². The molecular weight excluding hydrogens is 388 g/mol. The number of aromatic nitrogens is 4. The summed E-state index contributed by atoms with van der Waals surface area (Å²) in [6.07, 6.45) is 5.61. The lowest BCUT2D eigenvalue weighted by atomic mass is 9.79. The molecule has 3 aromatic rings. The quantitative estimate of drug-likeness (QED) is 0.583. The summed E-state index contributed by atoms with van der Waals surface area (Å²) < 4.78 is 0. The maximum absolute atomic E-state index is 10.7. The molecule has 7 nitrogen and oxygen atoms in total. The number of hydrogen-bond acceptors (Lipinski definition) is 6. The van der Waals surface area contributed by atoms with E-state index in [2.05, 4.69) is 65.4 Å². The predicted octanol–water partition coefficient (Wildman–Crippen LogP) is 4.29. The van der Waals surface area contributed by atoms with Crippen LogP contribution in [-0.4, -0.2) is 49.7 Å². The van der Waals surface area contributed by atoms with Crippen LogP contribution in [0.2, 0.25) is 0 Å². The molecule has 0 spiro atoms. The lowest BCUT2D eigenvalue weighted by molar-refractivity contribution is 0.160. The first-order valence-corrected chi connectivity index (χ1v) is 10.7. The average molecular weight is 421 g/mol. The molecule has 3 heterocycles. The van der Waals surface area contributed by atoms with Crippen LogP contribution < -0.4 is 10.2 Å². The maximum Gasteiger partial charge on any atom is 0.151 e. The van der Waals surface area contributed by atoms with E-state index in [0.29, 0.717) is 17.3 Å². The number of phenols is 1. The van der Waals surface area contributed by atoms with Crippen molar-refractivity contribution in [2.45, 2.75) is 64.6 Å². The van der Waals surface area contributed by atoms with Crippen LogP contribution in [0, 0.1) is 6.92 Å². The standard InChI is InChI=1S/C24H32N6O/c1-15-9-16(17-13-25-26-14-17)10-20(31)22(15)19-7-8-21(28-27-19)30(6)18-11-23(2,3)29-24(4,5)12-18/h7-10,13-14,18,29,31H,11-12H2,1-6H3,(H,25,26). The molecule has 0 aliphatic carbocycles. The summed E-state index contributed by atoms with van der Waals surface area (Å²) in [5, 5.41) is 30.2. The third-order valence-electron chi connectivity index (χ3n) is 6.13. The second kappa shape index (κ2) is 7.64. The fourth-order valence-corrected chi connectivity index (χ4v) is 5.05. The Balaban J connectivity index is 1.59. The van der Waals surface area contributed by atoms with E-state index >= 15 is 0 Å². The van der Waals surface area contributed by atoms with E-state index < -0.39 is 0 Å². The van der Waals surface area contributed by atoms with Gasteiger partial charge in [0.05, 0.1) is 11.9 Å². The van der Waals surface area contributed by atoms with E-state index in [1.54, 1.807) is 12.3 Å². The molecule has 1 saturated heterocycles. The van der Waals surface area contributed by atoms with Crippen LogP contribution in [0.25, 0.3) is 22.4 Å². The Morgan fingerprint density at radius 1 is 1.03 bits per heavy atom. The second-order valence-electron chi connectivity index (χ2n) is 10.0. The highest BCUT2D eigenvalue weighted by Gasteiger charge is 2.39. The summed E-state index contributed by atoms with van der Waals surface area (Å²) in [5.74, 6) is 1.03. The van der Waals surface area contributed by atoms with Crippen molar-refractivity contribution < 1.29 is 5.11 Å². The number of nitrogens with zero attached hydrogens (tertiary/aromatic N) is 4. The molecule has 31 heavy (non-hydrogen) atoms. The van der Waals surface area contributed by atoms with Gasteiger partial charge in [0, 0.05) is 41.5 Å². The molecule has 3 N–H and O–H groups in total. The number of nitrogens with one attached hydrogen (secondary N) is 2. The third-order valence-corrected chi connectivity index (χ3v) is 6.13. The van der Waals surface area contributed by atoms with Crippen LogP contribution in [0.15, 0.2) is 36.7 Å². The molecule has 1 aliphatic heterocycles. The van der Waals surface area contributed by atoms with Crippen molar-refractivity contribution in [2.75, 3.05) is 11.9 Å². The van der Waals surface area contributed by atoms with Gasteiger partial charge in [0.1, 0.15) is 5.75 Å². The van der Waals surface area contributed by atoms with Crippen molar-refractivity contribution in [2.24, 2.45) is 0 Å². The molecule has 1 fully saturated rings. The number of piperidine rings is 1. The molecule has 0 bridgehead atoms. The van der Waals surface area contributed by atoms with Gasteiger partial charge < -0.3 is 15.3 Å². The van der Waals surface area contributed by atoms with E-state index in [9.17, 15) is 5.11 Å². The van der Waals surface area contributed by atoms with E-state index in [-0.39, 0.29) is 16.8 Å². The van der Waals surface area contributed by atoms with E-state index in [1.165, 1.54) is 0 Å². The molecule has 1 aliphatic rings. The monoisotopic (exact) mass is 420 g/mol. The van der Waals surface area contributed by atoms with Crippen molar-refractivity contribution in [3.8, 4) is 28.1 Å². The number of benzene rings is 1. The van der Waals surface area contributed by atoms with Crippen molar-refractivity contribution in [3.63, 3.8) is 0 Å². The van der Waals surface area contributed by atoms with Gasteiger partial charge in [0.25, 0.3) is 0 Å². The number of rotatable bonds is 4. The molecule has 2 aromatic heterocycles. The Bertz CT molecular complexity index is 1020. The highest BCUT2D eigenvalue weighted by Crippen LogP contribution is 2.36. The first-order chi connectivity index (χ1) is 14.5. The first-order valence-electron chi connectivity index (χ1n) is 10.7. The normalized spacial score (nSPS) is 18.1. The number of hydrogen-bond donors (Lipinski definition) is 3. The molecule has 0 amide bonds. The molecule has 0 unspecified atom stereocenters. The van der Waals surface area contributed by atoms with Crippen molar-refractivity contribution in [3.05, 3.63) is 42.2 Å². The van der Waals surface area contributed by atoms with Gasteiger partial charge in [0.2, 0.25) is 0 Å². The van der Waals surface area contributed by atoms with Gasteiger partial charge in [0.15, 0.2) is 5.82 Å². The van der Waals surface area contributed by atoms with Gasteiger partial charge in [-0.3, -0.25) is 5.10 Å². The van der Waals surface area contributed by atoms with Crippen LogP contribution in [0.4, 0.5) is 5.82 Å². The number of anilines is 1. The van der Waals surface area contributed by atoms with E-state index in [1.807, 2.05) is 31.3 Å². The Hall–Kier alpha value is -2.93. The number of aromatic hydroxyl groups is 1. The summed E-state index contributed by atoms with van der Waals surface area (Å²) in [6.45, 7) is 11.0. The highest BCUT2D eigenvalue weighted by molar-refractivity contribution is 5.77. The number of H-pyrrole nitrogens is 1. The molecule has 0 radical (unpaired) electrons. The summed E-state index contributed by atoms with van der Waals surface area (Å²) in [5.41, 5.74) is 4.28. The molecular formula is C24H32N6O. The zero-order valence-electron chi connectivity index (χ0n) is 19.2. The van der Waals surface area contributed by atoms with Crippen molar-refractivity contribution in [1.29, 1.82) is 0 Å². The zero-order chi connectivity index (χ0) is 22.4. The van der Waals surface area contributed by atoms with Crippen LogP contribution >= 0.6 is 0 Å². The van der Waals surface area contributed by atoms with Gasteiger partial charge in [-0.25, -0.2) is 0 Å². The first kappa shape index (κ1) is 21.3. The highest BCUT2D eigenvalue weighted by atomic mass is 16.3. The Kier molecular flexibility index (Phi) is 5.25. The van der Waals surface area contributed by atoms with Crippen LogP contribution in [-0.2, 0) is 0 Å².